The molecule has 0 saturated heterocycles. The zero-order valence-corrected chi connectivity index (χ0v) is 18.1. The average Bonchev–Trinajstić information content (AvgIpc) is 3.53. The molecule has 0 fully saturated rings. The number of amides is 1. The topological polar surface area (TPSA) is 64.1 Å². The van der Waals surface area contributed by atoms with Gasteiger partial charge in [-0.3, -0.25) is 4.79 Å². The van der Waals surface area contributed by atoms with Gasteiger partial charge in [0.1, 0.15) is 11.5 Å². The lowest BCUT2D eigenvalue weighted by atomic mass is 10.1. The van der Waals surface area contributed by atoms with Crippen molar-refractivity contribution < 1.29 is 9.53 Å². The fraction of sp³-hybridized carbons (Fsp3) is 0.222. The van der Waals surface area contributed by atoms with Crippen molar-refractivity contribution in [1.29, 1.82) is 0 Å². The maximum atomic E-state index is 12.7. The number of ether oxygens (including phenoxy) is 1. The van der Waals surface area contributed by atoms with Gasteiger partial charge in [-0.25, -0.2) is 9.97 Å². The molecule has 1 aliphatic carbocycles. The molecule has 2 heterocycles. The first-order chi connectivity index (χ1) is 15.7. The molecule has 0 spiro atoms. The molecule has 1 amide bonds. The van der Waals surface area contributed by atoms with Gasteiger partial charge < -0.3 is 10.1 Å². The molecule has 0 unspecified atom stereocenters. The largest absolute Gasteiger partial charge is 0.491 e. The summed E-state index contributed by atoms with van der Waals surface area (Å²) in [5.41, 5.74) is 7.21. The molecule has 0 bridgehead atoms. The number of hydrogen-bond acceptors (Lipinski definition) is 4. The van der Waals surface area contributed by atoms with Crippen molar-refractivity contribution in [3.63, 3.8) is 0 Å². The summed E-state index contributed by atoms with van der Waals surface area (Å²) in [4.78, 5) is 22.5. The van der Waals surface area contributed by atoms with Crippen LogP contribution >= 0.6 is 0 Å². The normalized spacial score (nSPS) is 14.9. The molecule has 1 N–H and O–H groups in total. The number of benzene rings is 2. The molecule has 2 aromatic carbocycles. The lowest BCUT2D eigenvalue weighted by Crippen LogP contribution is -2.25. The number of carbonyl (C=O) groups excluding carboxylic acids is 1. The summed E-state index contributed by atoms with van der Waals surface area (Å²) >= 11 is 0. The molecule has 160 valence electrons. The molecule has 0 atom stereocenters. The quantitative estimate of drug-likeness (QED) is 0.605. The van der Waals surface area contributed by atoms with Crippen molar-refractivity contribution in [1.82, 2.24) is 15.3 Å². The SMILES string of the molecule is Cc1ccc(CCNC(=O)c2ccc3nc(C4=CCCO4)c(C4=CC=CC4)nc3c2)cc1. The van der Waals surface area contributed by atoms with Crippen molar-refractivity contribution in [2.75, 3.05) is 13.2 Å². The number of fused-ring (bicyclic) bond motifs is 1. The maximum Gasteiger partial charge on any atom is 0.251 e. The smallest absolute Gasteiger partial charge is 0.251 e. The Hall–Kier alpha value is -3.73. The van der Waals surface area contributed by atoms with Gasteiger partial charge in [0, 0.05) is 18.5 Å². The first-order valence-corrected chi connectivity index (χ1v) is 11.0. The molecule has 1 aromatic heterocycles. The Kier molecular flexibility index (Phi) is 5.55. The van der Waals surface area contributed by atoms with E-state index in [2.05, 4.69) is 54.7 Å². The van der Waals surface area contributed by atoms with Crippen LogP contribution in [0.1, 0.15) is 45.7 Å². The summed E-state index contributed by atoms with van der Waals surface area (Å²) in [6.45, 7) is 3.33. The van der Waals surface area contributed by atoms with E-state index in [-0.39, 0.29) is 5.91 Å². The second-order valence-electron chi connectivity index (χ2n) is 8.15. The number of carbonyl (C=O) groups is 1. The molecule has 2 aliphatic rings. The van der Waals surface area contributed by atoms with E-state index in [1.807, 2.05) is 24.3 Å². The molecule has 0 radical (unpaired) electrons. The van der Waals surface area contributed by atoms with Gasteiger partial charge in [-0.15, -0.1) is 0 Å². The zero-order chi connectivity index (χ0) is 21.9. The van der Waals surface area contributed by atoms with E-state index >= 15 is 0 Å². The summed E-state index contributed by atoms with van der Waals surface area (Å²) in [5, 5.41) is 3.01. The highest BCUT2D eigenvalue weighted by molar-refractivity contribution is 5.97. The minimum atomic E-state index is -0.102. The summed E-state index contributed by atoms with van der Waals surface area (Å²) in [6, 6.07) is 13.9. The van der Waals surface area contributed by atoms with Crippen LogP contribution in [0.3, 0.4) is 0 Å². The number of allylic oxidation sites excluding steroid dienone is 4. The number of hydrogen-bond donors (Lipinski definition) is 1. The van der Waals surface area contributed by atoms with E-state index in [9.17, 15) is 4.79 Å². The highest BCUT2D eigenvalue weighted by Crippen LogP contribution is 2.32. The standard InChI is InChI=1S/C27H25N3O2/c1-18-8-10-19(11-9-18)14-15-28-27(31)21-12-13-22-23(17-21)30-25(20-5-2-3-6-20)26(29-22)24-7-4-16-32-24/h2-3,5,7-13,17H,4,6,14-16H2,1H3,(H,28,31). The van der Waals surface area contributed by atoms with Crippen LogP contribution in [-0.2, 0) is 11.2 Å². The molecular weight excluding hydrogens is 398 g/mol. The lowest BCUT2D eigenvalue weighted by molar-refractivity contribution is 0.0954. The molecule has 5 heteroatoms. The third kappa shape index (κ3) is 4.19. The van der Waals surface area contributed by atoms with Crippen molar-refractivity contribution in [3.05, 3.63) is 94.8 Å². The molecular formula is C27H25N3O2. The van der Waals surface area contributed by atoms with E-state index in [0.29, 0.717) is 24.2 Å². The number of aromatic nitrogens is 2. The van der Waals surface area contributed by atoms with Crippen LogP contribution in [-0.4, -0.2) is 29.0 Å². The first-order valence-electron chi connectivity index (χ1n) is 11.0. The Labute approximate surface area is 187 Å². The van der Waals surface area contributed by atoms with Gasteiger partial charge in [0.2, 0.25) is 0 Å². The Morgan fingerprint density at radius 3 is 2.66 bits per heavy atom. The van der Waals surface area contributed by atoms with Crippen LogP contribution in [0.5, 0.6) is 0 Å². The predicted octanol–water partition coefficient (Wildman–Crippen LogP) is 5.02. The summed E-state index contributed by atoms with van der Waals surface area (Å²) in [7, 11) is 0. The van der Waals surface area contributed by atoms with Crippen LogP contribution in [0.15, 0.2) is 66.8 Å². The third-order valence-electron chi connectivity index (χ3n) is 5.76. The van der Waals surface area contributed by atoms with E-state index in [4.69, 9.17) is 14.7 Å². The van der Waals surface area contributed by atoms with E-state index < -0.39 is 0 Å². The van der Waals surface area contributed by atoms with E-state index in [0.717, 1.165) is 47.5 Å². The van der Waals surface area contributed by atoms with Crippen LogP contribution in [0.2, 0.25) is 0 Å². The van der Waals surface area contributed by atoms with Crippen molar-refractivity contribution in [2.24, 2.45) is 0 Å². The molecule has 0 saturated carbocycles. The fourth-order valence-corrected chi connectivity index (χ4v) is 3.97. The number of rotatable bonds is 6. The Bertz CT molecular complexity index is 1270. The van der Waals surface area contributed by atoms with E-state index in [1.165, 1.54) is 11.1 Å². The minimum Gasteiger partial charge on any atom is -0.491 e. The molecule has 32 heavy (non-hydrogen) atoms. The molecule has 5 nitrogen and oxygen atoms in total. The van der Waals surface area contributed by atoms with Gasteiger partial charge >= 0.3 is 0 Å². The third-order valence-corrected chi connectivity index (χ3v) is 5.76. The Morgan fingerprint density at radius 2 is 1.91 bits per heavy atom. The Balaban J connectivity index is 1.38. The Morgan fingerprint density at radius 1 is 1.06 bits per heavy atom. The van der Waals surface area contributed by atoms with Gasteiger partial charge in [0.05, 0.1) is 23.3 Å². The first kappa shape index (κ1) is 20.2. The molecule has 3 aromatic rings. The van der Waals surface area contributed by atoms with Gasteiger partial charge in [-0.1, -0.05) is 48.1 Å². The second kappa shape index (κ2) is 8.79. The van der Waals surface area contributed by atoms with Crippen molar-refractivity contribution >= 4 is 28.3 Å². The number of aryl methyl sites for hydroxylation is 1. The molecule has 1 aliphatic heterocycles. The fourth-order valence-electron chi connectivity index (χ4n) is 3.97. The van der Waals surface area contributed by atoms with Crippen LogP contribution in [0.25, 0.3) is 22.4 Å². The second-order valence-corrected chi connectivity index (χ2v) is 8.15. The monoisotopic (exact) mass is 423 g/mol. The highest BCUT2D eigenvalue weighted by Gasteiger charge is 2.21. The number of nitrogens with one attached hydrogen (secondary N) is 1. The lowest BCUT2D eigenvalue weighted by Gasteiger charge is -2.12. The van der Waals surface area contributed by atoms with Gasteiger partial charge in [-0.2, -0.15) is 0 Å². The summed E-state index contributed by atoms with van der Waals surface area (Å²) in [6.07, 6.45) is 10.8. The van der Waals surface area contributed by atoms with Crippen LogP contribution in [0, 0.1) is 6.92 Å². The summed E-state index contributed by atoms with van der Waals surface area (Å²) < 4.78 is 5.78. The van der Waals surface area contributed by atoms with Gasteiger partial charge in [-0.05, 0) is 55.2 Å². The van der Waals surface area contributed by atoms with Crippen LogP contribution < -0.4 is 5.32 Å². The highest BCUT2D eigenvalue weighted by atomic mass is 16.5. The molecule has 5 rings (SSSR count). The van der Waals surface area contributed by atoms with Crippen molar-refractivity contribution in [2.45, 2.75) is 26.2 Å². The maximum absolute atomic E-state index is 12.7. The summed E-state index contributed by atoms with van der Waals surface area (Å²) in [5.74, 6) is 0.690. The van der Waals surface area contributed by atoms with Gasteiger partial charge in [0.25, 0.3) is 5.91 Å². The average molecular weight is 424 g/mol. The zero-order valence-electron chi connectivity index (χ0n) is 18.1. The van der Waals surface area contributed by atoms with Crippen molar-refractivity contribution in [3.8, 4) is 0 Å². The van der Waals surface area contributed by atoms with Gasteiger partial charge in [0.15, 0.2) is 0 Å². The number of nitrogens with zero attached hydrogens (tertiary/aromatic N) is 2. The predicted molar refractivity (Wildman–Crippen MR) is 127 cm³/mol. The van der Waals surface area contributed by atoms with E-state index in [1.54, 1.807) is 0 Å². The minimum absolute atomic E-state index is 0.102. The van der Waals surface area contributed by atoms with Crippen LogP contribution in [0.4, 0.5) is 0 Å².